The molecule has 1 aliphatic rings. The molecule has 0 radical (unpaired) electrons. The lowest BCUT2D eigenvalue weighted by atomic mass is 9.82. The van der Waals surface area contributed by atoms with Crippen molar-refractivity contribution in [1.82, 2.24) is 5.32 Å². The summed E-state index contributed by atoms with van der Waals surface area (Å²) in [6, 6.07) is 0. The molecule has 3 nitrogen and oxygen atoms in total. The smallest absolute Gasteiger partial charge is 0.0610 e. The van der Waals surface area contributed by atoms with Gasteiger partial charge in [0, 0.05) is 12.1 Å². The number of nitrogens with one attached hydrogen (secondary N) is 1. The van der Waals surface area contributed by atoms with Crippen LogP contribution in [0.3, 0.4) is 0 Å². The highest BCUT2D eigenvalue weighted by Crippen LogP contribution is 2.30. The summed E-state index contributed by atoms with van der Waals surface area (Å²) >= 11 is 0. The molecule has 1 rings (SSSR count). The summed E-state index contributed by atoms with van der Waals surface area (Å²) in [6.07, 6.45) is 6.23. The molecule has 3 heteroatoms. The van der Waals surface area contributed by atoms with E-state index in [4.69, 9.17) is 4.74 Å². The molecular formula is C16H33NO2. The Balaban J connectivity index is 2.19. The Morgan fingerprint density at radius 2 is 1.84 bits per heavy atom. The molecule has 1 aliphatic carbocycles. The van der Waals surface area contributed by atoms with Crippen molar-refractivity contribution in [2.75, 3.05) is 19.8 Å². The van der Waals surface area contributed by atoms with Gasteiger partial charge in [-0.1, -0.05) is 20.8 Å². The van der Waals surface area contributed by atoms with Crippen LogP contribution in [0.2, 0.25) is 0 Å². The van der Waals surface area contributed by atoms with E-state index < -0.39 is 0 Å². The van der Waals surface area contributed by atoms with Gasteiger partial charge in [0.1, 0.15) is 0 Å². The highest BCUT2D eigenvalue weighted by Gasteiger charge is 2.25. The van der Waals surface area contributed by atoms with Gasteiger partial charge in [-0.25, -0.2) is 0 Å². The summed E-state index contributed by atoms with van der Waals surface area (Å²) in [4.78, 5) is 0. The molecule has 19 heavy (non-hydrogen) atoms. The quantitative estimate of drug-likeness (QED) is 0.667. The summed E-state index contributed by atoms with van der Waals surface area (Å²) < 4.78 is 6.03. The van der Waals surface area contributed by atoms with Crippen LogP contribution in [-0.4, -0.2) is 36.5 Å². The maximum absolute atomic E-state index is 9.43. The fourth-order valence-corrected chi connectivity index (χ4v) is 3.37. The predicted molar refractivity (Wildman–Crippen MR) is 80.3 cm³/mol. The van der Waals surface area contributed by atoms with E-state index in [0.717, 1.165) is 37.8 Å². The second-order valence-corrected chi connectivity index (χ2v) is 6.76. The summed E-state index contributed by atoms with van der Waals surface area (Å²) in [5, 5.41) is 12.8. The van der Waals surface area contributed by atoms with E-state index in [1.807, 2.05) is 0 Å². The van der Waals surface area contributed by atoms with E-state index in [1.165, 1.54) is 19.3 Å². The molecule has 0 aromatic rings. The molecule has 2 N–H and O–H groups in total. The van der Waals surface area contributed by atoms with E-state index in [9.17, 15) is 5.11 Å². The zero-order chi connectivity index (χ0) is 14.3. The third kappa shape index (κ3) is 6.24. The maximum atomic E-state index is 9.43. The minimum atomic E-state index is -0.148. The zero-order valence-electron chi connectivity index (χ0n) is 13.2. The summed E-state index contributed by atoms with van der Waals surface area (Å²) in [5.74, 6) is 1.61. The number of aliphatic hydroxyl groups is 1. The third-order valence-corrected chi connectivity index (χ3v) is 4.31. The lowest BCUT2D eigenvalue weighted by Gasteiger charge is -2.32. The lowest BCUT2D eigenvalue weighted by Crippen LogP contribution is -2.45. The van der Waals surface area contributed by atoms with Crippen LogP contribution >= 0.6 is 0 Å². The zero-order valence-corrected chi connectivity index (χ0v) is 13.2. The first-order valence-corrected chi connectivity index (χ1v) is 7.96. The molecule has 0 aromatic heterocycles. The number of rotatable bonds is 8. The minimum Gasteiger partial charge on any atom is -0.394 e. The fraction of sp³-hybridized carbons (Fsp3) is 1.00. The summed E-state index contributed by atoms with van der Waals surface area (Å²) in [6.45, 7) is 10.7. The first kappa shape index (κ1) is 16.9. The van der Waals surface area contributed by atoms with Gasteiger partial charge in [-0.3, -0.25) is 0 Å². The number of hydrogen-bond acceptors (Lipinski definition) is 3. The van der Waals surface area contributed by atoms with Crippen molar-refractivity contribution < 1.29 is 9.84 Å². The van der Waals surface area contributed by atoms with Crippen molar-refractivity contribution in [3.63, 3.8) is 0 Å². The molecule has 3 unspecified atom stereocenters. The van der Waals surface area contributed by atoms with Crippen molar-refractivity contribution in [1.29, 1.82) is 0 Å². The molecule has 0 aromatic carbocycles. The number of likely N-dealkylation sites (N-methyl/N-ethyl adjacent to an activating group) is 1. The van der Waals surface area contributed by atoms with Crippen LogP contribution in [0.1, 0.15) is 59.8 Å². The van der Waals surface area contributed by atoms with Crippen molar-refractivity contribution in [2.45, 2.75) is 71.4 Å². The van der Waals surface area contributed by atoms with Crippen LogP contribution < -0.4 is 5.32 Å². The number of hydrogen-bond donors (Lipinski definition) is 2. The summed E-state index contributed by atoms with van der Waals surface area (Å²) in [5.41, 5.74) is -0.148. The summed E-state index contributed by atoms with van der Waals surface area (Å²) in [7, 11) is 0. The molecule has 1 saturated carbocycles. The van der Waals surface area contributed by atoms with Crippen LogP contribution in [-0.2, 0) is 4.74 Å². The molecule has 0 heterocycles. The first-order valence-electron chi connectivity index (χ1n) is 7.96. The van der Waals surface area contributed by atoms with Crippen LogP contribution in [0.15, 0.2) is 0 Å². The Labute approximate surface area is 119 Å². The Bertz CT molecular complexity index is 237. The van der Waals surface area contributed by atoms with Gasteiger partial charge in [0.05, 0.1) is 12.7 Å². The highest BCUT2D eigenvalue weighted by molar-refractivity contribution is 4.81. The Morgan fingerprint density at radius 1 is 1.21 bits per heavy atom. The maximum Gasteiger partial charge on any atom is 0.0610 e. The lowest BCUT2D eigenvalue weighted by molar-refractivity contribution is -0.00348. The normalized spacial score (nSPS) is 31.1. The van der Waals surface area contributed by atoms with Crippen LogP contribution in [0.25, 0.3) is 0 Å². The highest BCUT2D eigenvalue weighted by atomic mass is 16.5. The van der Waals surface area contributed by atoms with Crippen LogP contribution in [0.5, 0.6) is 0 Å². The average Bonchev–Trinajstić information content (AvgIpc) is 2.34. The van der Waals surface area contributed by atoms with Gasteiger partial charge in [-0.2, -0.15) is 0 Å². The van der Waals surface area contributed by atoms with Crippen LogP contribution in [0.4, 0.5) is 0 Å². The van der Waals surface area contributed by atoms with Gasteiger partial charge >= 0.3 is 0 Å². The fourth-order valence-electron chi connectivity index (χ4n) is 3.37. The molecule has 0 saturated heterocycles. The first-order chi connectivity index (χ1) is 8.99. The molecule has 0 aliphatic heterocycles. The van der Waals surface area contributed by atoms with Gasteiger partial charge in [-0.05, 0) is 57.4 Å². The van der Waals surface area contributed by atoms with Crippen molar-refractivity contribution >= 4 is 0 Å². The SMILES string of the molecule is CCNC(C)(CO)CCCOC1CC(C)CC(C)C1. The monoisotopic (exact) mass is 271 g/mol. The molecule has 1 fully saturated rings. The molecule has 114 valence electrons. The molecule has 0 amide bonds. The standard InChI is InChI=1S/C16H33NO2/c1-5-17-16(4,12-18)7-6-8-19-15-10-13(2)9-14(3)11-15/h13-15,17-18H,5-12H2,1-4H3. The predicted octanol–water partition coefficient (Wildman–Crippen LogP) is 2.97. The van der Waals surface area contributed by atoms with E-state index in [2.05, 4.69) is 33.0 Å². The molecule has 3 atom stereocenters. The third-order valence-electron chi connectivity index (χ3n) is 4.31. The van der Waals surface area contributed by atoms with Crippen molar-refractivity contribution in [2.24, 2.45) is 11.8 Å². The Kier molecular flexibility index (Phi) is 7.33. The molecular weight excluding hydrogens is 238 g/mol. The average molecular weight is 271 g/mol. The van der Waals surface area contributed by atoms with Crippen molar-refractivity contribution in [3.8, 4) is 0 Å². The second kappa shape index (κ2) is 8.23. The van der Waals surface area contributed by atoms with E-state index in [0.29, 0.717) is 6.10 Å². The van der Waals surface area contributed by atoms with E-state index in [-0.39, 0.29) is 12.1 Å². The van der Waals surface area contributed by atoms with Gasteiger partial charge in [0.25, 0.3) is 0 Å². The van der Waals surface area contributed by atoms with E-state index >= 15 is 0 Å². The van der Waals surface area contributed by atoms with E-state index in [1.54, 1.807) is 0 Å². The Morgan fingerprint density at radius 3 is 2.37 bits per heavy atom. The van der Waals surface area contributed by atoms with Gasteiger partial charge in [0.15, 0.2) is 0 Å². The van der Waals surface area contributed by atoms with Gasteiger partial charge in [0.2, 0.25) is 0 Å². The largest absolute Gasteiger partial charge is 0.394 e. The second-order valence-electron chi connectivity index (χ2n) is 6.76. The minimum absolute atomic E-state index is 0.148. The Hall–Kier alpha value is -0.120. The number of ether oxygens (including phenoxy) is 1. The van der Waals surface area contributed by atoms with Gasteiger partial charge in [-0.15, -0.1) is 0 Å². The van der Waals surface area contributed by atoms with Gasteiger partial charge < -0.3 is 15.2 Å². The molecule has 0 spiro atoms. The van der Waals surface area contributed by atoms with Crippen LogP contribution in [0, 0.1) is 11.8 Å². The van der Waals surface area contributed by atoms with Crippen molar-refractivity contribution in [3.05, 3.63) is 0 Å². The topological polar surface area (TPSA) is 41.5 Å². The number of aliphatic hydroxyl groups excluding tert-OH is 1. The molecule has 0 bridgehead atoms.